The molecule has 0 bridgehead atoms. The minimum absolute atomic E-state index is 0.00506. The van der Waals surface area contributed by atoms with E-state index in [4.69, 9.17) is 10.5 Å². The average molecular weight is 287 g/mol. The first-order valence-electron chi connectivity index (χ1n) is 4.48. The van der Waals surface area contributed by atoms with Crippen LogP contribution in [0.15, 0.2) is 29.3 Å². The lowest BCUT2D eigenvalue weighted by Gasteiger charge is -2.09. The zero-order chi connectivity index (χ0) is 12.1. The van der Waals surface area contributed by atoms with Crippen LogP contribution in [0, 0.1) is 10.1 Å². The van der Waals surface area contributed by atoms with Crippen molar-refractivity contribution in [3.8, 4) is 5.75 Å². The number of nitro benzene ring substituents is 1. The van der Waals surface area contributed by atoms with Crippen LogP contribution >= 0.6 is 15.9 Å². The Kier molecular flexibility index (Phi) is 4.45. The van der Waals surface area contributed by atoms with Gasteiger partial charge in [0.25, 0.3) is 5.69 Å². The maximum absolute atomic E-state index is 10.5. The summed E-state index contributed by atoms with van der Waals surface area (Å²) in [5.41, 5.74) is 6.09. The first-order chi connectivity index (χ1) is 7.54. The van der Waals surface area contributed by atoms with Crippen molar-refractivity contribution in [2.24, 2.45) is 5.73 Å². The minimum atomic E-state index is -0.466. The van der Waals surface area contributed by atoms with E-state index in [9.17, 15) is 10.1 Å². The summed E-state index contributed by atoms with van der Waals surface area (Å²) in [4.78, 5) is 10.1. The third-order valence-corrected chi connectivity index (χ3v) is 2.09. The Morgan fingerprint density at radius 1 is 1.62 bits per heavy atom. The number of benzene rings is 1. The monoisotopic (exact) mass is 286 g/mol. The summed E-state index contributed by atoms with van der Waals surface area (Å²) in [7, 11) is 0. The Morgan fingerprint density at radius 2 is 2.31 bits per heavy atom. The number of non-ortho nitro benzene ring substituents is 1. The third-order valence-electron chi connectivity index (χ3n) is 1.86. The predicted octanol–water partition coefficient (Wildman–Crippen LogP) is 2.34. The second kappa shape index (κ2) is 5.62. The predicted molar refractivity (Wildman–Crippen MR) is 64.5 cm³/mol. The number of rotatable bonds is 5. The van der Waals surface area contributed by atoms with Crippen LogP contribution in [0.2, 0.25) is 0 Å². The van der Waals surface area contributed by atoms with E-state index < -0.39 is 4.92 Å². The van der Waals surface area contributed by atoms with Crippen molar-refractivity contribution in [2.75, 3.05) is 6.61 Å². The van der Waals surface area contributed by atoms with E-state index in [0.717, 1.165) is 0 Å². The van der Waals surface area contributed by atoms with Crippen molar-refractivity contribution in [3.63, 3.8) is 0 Å². The van der Waals surface area contributed by atoms with Crippen molar-refractivity contribution >= 4 is 21.6 Å². The number of nitrogens with two attached hydrogens (primary N) is 1. The Balaban J connectivity index is 2.93. The molecule has 0 saturated carbocycles. The summed E-state index contributed by atoms with van der Waals surface area (Å²) in [6, 6.07) is 4.33. The molecule has 0 saturated heterocycles. The standard InChI is InChI=1S/C10H11BrN2O3/c1-7(11)6-16-10-3-2-9(13(14)15)4-8(10)5-12/h2-4H,1,5-6,12H2. The molecule has 0 radical (unpaired) electrons. The lowest BCUT2D eigenvalue weighted by molar-refractivity contribution is -0.384. The summed E-state index contributed by atoms with van der Waals surface area (Å²) < 4.78 is 6.06. The maximum Gasteiger partial charge on any atom is 0.270 e. The molecule has 0 unspecified atom stereocenters. The highest BCUT2D eigenvalue weighted by Crippen LogP contribution is 2.24. The quantitative estimate of drug-likeness (QED) is 0.666. The van der Waals surface area contributed by atoms with Crippen molar-refractivity contribution < 1.29 is 9.66 Å². The molecule has 0 fully saturated rings. The molecular weight excluding hydrogens is 276 g/mol. The van der Waals surface area contributed by atoms with Crippen molar-refractivity contribution in [1.82, 2.24) is 0 Å². The van der Waals surface area contributed by atoms with Gasteiger partial charge in [0.15, 0.2) is 0 Å². The van der Waals surface area contributed by atoms with Gasteiger partial charge < -0.3 is 10.5 Å². The van der Waals surface area contributed by atoms with Crippen LogP contribution in [0.4, 0.5) is 5.69 Å². The normalized spacial score (nSPS) is 9.88. The van der Waals surface area contributed by atoms with E-state index in [1.165, 1.54) is 18.2 Å². The van der Waals surface area contributed by atoms with E-state index in [0.29, 0.717) is 22.4 Å². The highest BCUT2D eigenvalue weighted by molar-refractivity contribution is 9.11. The van der Waals surface area contributed by atoms with E-state index in [2.05, 4.69) is 22.5 Å². The van der Waals surface area contributed by atoms with Crippen LogP contribution < -0.4 is 10.5 Å². The van der Waals surface area contributed by atoms with Gasteiger partial charge in [-0.25, -0.2) is 0 Å². The van der Waals surface area contributed by atoms with Crippen LogP contribution in [0.5, 0.6) is 5.75 Å². The SMILES string of the molecule is C=C(Br)COc1ccc([N+](=O)[O-])cc1CN. The molecule has 5 nitrogen and oxygen atoms in total. The lowest BCUT2D eigenvalue weighted by atomic mass is 10.2. The molecule has 2 N–H and O–H groups in total. The number of hydrogen-bond donors (Lipinski definition) is 1. The van der Waals surface area contributed by atoms with E-state index >= 15 is 0 Å². The first-order valence-corrected chi connectivity index (χ1v) is 5.27. The summed E-state index contributed by atoms with van der Waals surface area (Å²) in [6.45, 7) is 4.11. The summed E-state index contributed by atoms with van der Waals surface area (Å²) in [5, 5.41) is 10.5. The zero-order valence-electron chi connectivity index (χ0n) is 8.48. The number of hydrogen-bond acceptors (Lipinski definition) is 4. The Hall–Kier alpha value is -1.40. The van der Waals surface area contributed by atoms with Gasteiger partial charge in [-0.2, -0.15) is 0 Å². The largest absolute Gasteiger partial charge is 0.488 e. The lowest BCUT2D eigenvalue weighted by Crippen LogP contribution is -2.04. The van der Waals surface area contributed by atoms with E-state index in [-0.39, 0.29) is 12.2 Å². The molecule has 0 aliphatic rings. The molecule has 1 aromatic carbocycles. The average Bonchev–Trinajstić information content (AvgIpc) is 2.25. The molecule has 1 aromatic rings. The minimum Gasteiger partial charge on any atom is -0.488 e. The van der Waals surface area contributed by atoms with Crippen LogP contribution in [-0.4, -0.2) is 11.5 Å². The third kappa shape index (κ3) is 3.32. The van der Waals surface area contributed by atoms with Gasteiger partial charge in [0.05, 0.1) is 4.92 Å². The van der Waals surface area contributed by atoms with Gasteiger partial charge >= 0.3 is 0 Å². The van der Waals surface area contributed by atoms with Crippen LogP contribution in [0.1, 0.15) is 5.56 Å². The van der Waals surface area contributed by atoms with E-state index in [1.807, 2.05) is 0 Å². The van der Waals surface area contributed by atoms with Gasteiger partial charge in [0.2, 0.25) is 0 Å². The van der Waals surface area contributed by atoms with E-state index in [1.54, 1.807) is 0 Å². The summed E-state index contributed by atoms with van der Waals surface area (Å²) in [6.07, 6.45) is 0. The molecule has 0 heterocycles. The zero-order valence-corrected chi connectivity index (χ0v) is 10.1. The highest BCUT2D eigenvalue weighted by atomic mass is 79.9. The molecule has 6 heteroatoms. The van der Waals surface area contributed by atoms with Gasteiger partial charge in [-0.05, 0) is 6.07 Å². The van der Waals surface area contributed by atoms with Crippen molar-refractivity contribution in [2.45, 2.75) is 6.54 Å². The number of ether oxygens (including phenoxy) is 1. The van der Waals surface area contributed by atoms with Crippen molar-refractivity contribution in [1.29, 1.82) is 0 Å². The Labute approximate surface area is 101 Å². The Bertz CT molecular complexity index is 421. The molecule has 1 rings (SSSR count). The molecule has 0 amide bonds. The summed E-state index contributed by atoms with van der Waals surface area (Å²) in [5.74, 6) is 0.536. The highest BCUT2D eigenvalue weighted by Gasteiger charge is 2.10. The molecule has 86 valence electrons. The number of nitro groups is 1. The number of halogens is 1. The smallest absolute Gasteiger partial charge is 0.270 e. The van der Waals surface area contributed by atoms with Gasteiger partial charge in [0.1, 0.15) is 12.4 Å². The van der Waals surface area contributed by atoms with Crippen LogP contribution in [0.3, 0.4) is 0 Å². The fourth-order valence-electron chi connectivity index (χ4n) is 1.14. The van der Waals surface area contributed by atoms with Crippen molar-refractivity contribution in [3.05, 3.63) is 44.9 Å². The van der Waals surface area contributed by atoms with Gasteiger partial charge in [-0.1, -0.05) is 22.5 Å². The number of nitrogens with zero attached hydrogens (tertiary/aromatic N) is 1. The second-order valence-electron chi connectivity index (χ2n) is 3.06. The Morgan fingerprint density at radius 3 is 2.81 bits per heavy atom. The van der Waals surface area contributed by atoms with Gasteiger partial charge in [0, 0.05) is 28.7 Å². The van der Waals surface area contributed by atoms with Crippen LogP contribution in [0.25, 0.3) is 0 Å². The van der Waals surface area contributed by atoms with Gasteiger partial charge in [-0.15, -0.1) is 0 Å². The fraction of sp³-hybridized carbons (Fsp3) is 0.200. The summed E-state index contributed by atoms with van der Waals surface area (Å²) >= 11 is 3.16. The maximum atomic E-state index is 10.5. The molecule has 16 heavy (non-hydrogen) atoms. The molecule has 0 atom stereocenters. The van der Waals surface area contributed by atoms with Gasteiger partial charge in [-0.3, -0.25) is 10.1 Å². The molecule has 0 aliphatic heterocycles. The molecule has 0 aromatic heterocycles. The topological polar surface area (TPSA) is 78.4 Å². The fourth-order valence-corrected chi connectivity index (χ4v) is 1.25. The first kappa shape index (κ1) is 12.7. The van der Waals surface area contributed by atoms with Crippen LogP contribution in [-0.2, 0) is 6.54 Å². The molecule has 0 aliphatic carbocycles. The molecular formula is C10H11BrN2O3. The second-order valence-corrected chi connectivity index (χ2v) is 4.18. The molecule has 0 spiro atoms.